The number of rotatable bonds is 7. The summed E-state index contributed by atoms with van der Waals surface area (Å²) < 4.78 is 3.01. The van der Waals surface area contributed by atoms with Gasteiger partial charge in [-0.2, -0.15) is 0 Å². The molecule has 0 bridgehead atoms. The van der Waals surface area contributed by atoms with E-state index in [4.69, 9.17) is 0 Å². The summed E-state index contributed by atoms with van der Waals surface area (Å²) >= 11 is 0. The molecule has 1 saturated carbocycles. The third-order valence-corrected chi connectivity index (χ3v) is 7.68. The van der Waals surface area contributed by atoms with Gasteiger partial charge < -0.3 is 15.5 Å². The Kier molecular flexibility index (Phi) is 7.53. The second-order valence-corrected chi connectivity index (χ2v) is 11.1. The zero-order valence-corrected chi connectivity index (χ0v) is 22.2. The van der Waals surface area contributed by atoms with Crippen LogP contribution in [0, 0.1) is 11.8 Å². The van der Waals surface area contributed by atoms with Gasteiger partial charge in [-0.3, -0.25) is 18.7 Å². The van der Waals surface area contributed by atoms with E-state index < -0.39 is 0 Å². The Bertz CT molecular complexity index is 1400. The minimum Gasteiger partial charge on any atom is -0.350 e. The zero-order chi connectivity index (χ0) is 26.8. The predicted molar refractivity (Wildman–Crippen MR) is 148 cm³/mol. The molecule has 5 rings (SSSR count). The molecule has 202 valence electrons. The number of carbonyl (C=O) groups is 2. The fraction of sp³-hybridized carbons (Fsp3) is 0.517. The molecule has 2 N–H and O–H groups in total. The second kappa shape index (κ2) is 11.0. The first-order valence-electron chi connectivity index (χ1n) is 13.8. The van der Waals surface area contributed by atoms with Gasteiger partial charge in [0.05, 0.1) is 16.9 Å². The highest BCUT2D eigenvalue weighted by Crippen LogP contribution is 2.30. The number of urea groups is 1. The van der Waals surface area contributed by atoms with Gasteiger partial charge in [-0.1, -0.05) is 24.3 Å². The molecule has 38 heavy (non-hydrogen) atoms. The fourth-order valence-corrected chi connectivity index (χ4v) is 5.51. The molecule has 1 aromatic carbocycles. The maximum absolute atomic E-state index is 13.3. The van der Waals surface area contributed by atoms with E-state index in [0.717, 1.165) is 32.1 Å². The van der Waals surface area contributed by atoms with Gasteiger partial charge in [-0.25, -0.2) is 9.59 Å². The van der Waals surface area contributed by atoms with Crippen LogP contribution in [0.5, 0.6) is 0 Å². The lowest BCUT2D eigenvalue weighted by Crippen LogP contribution is -2.44. The highest BCUT2D eigenvalue weighted by molar-refractivity contribution is 5.92. The van der Waals surface area contributed by atoms with Crippen molar-refractivity contribution in [3.8, 4) is 0 Å². The standard InChI is InChI=1S/C29H37N5O4/c1-19(2)34-25-13-12-23(16-24(25)27(36)33(29(34)38)18-20-10-11-20)31-28(37)32-14-6-7-21(17-32)15-26(35)30-22-8-4-3-5-9-22/h3-5,8,12-13,16,19-22H,6-7,9-11,14-15,17-18H2,1-2H3,(H,30,35)(H,31,37). The van der Waals surface area contributed by atoms with E-state index in [1.807, 2.05) is 38.2 Å². The summed E-state index contributed by atoms with van der Waals surface area (Å²) in [6, 6.07) is 4.84. The minimum absolute atomic E-state index is 0.00964. The van der Waals surface area contributed by atoms with Crippen LogP contribution in [0.3, 0.4) is 0 Å². The Hall–Kier alpha value is -3.62. The normalized spacial score (nSPS) is 21.2. The van der Waals surface area contributed by atoms with E-state index in [-0.39, 0.29) is 41.2 Å². The summed E-state index contributed by atoms with van der Waals surface area (Å²) in [5.74, 6) is 0.492. The van der Waals surface area contributed by atoms with Gasteiger partial charge in [0.15, 0.2) is 0 Å². The predicted octanol–water partition coefficient (Wildman–Crippen LogP) is 3.79. The number of amides is 3. The molecule has 9 heteroatoms. The molecular formula is C29H37N5O4. The molecule has 0 spiro atoms. The van der Waals surface area contributed by atoms with Gasteiger partial charge >= 0.3 is 11.7 Å². The first-order valence-corrected chi connectivity index (χ1v) is 13.8. The Morgan fingerprint density at radius 3 is 2.61 bits per heavy atom. The van der Waals surface area contributed by atoms with Gasteiger partial charge in [-0.15, -0.1) is 0 Å². The Morgan fingerprint density at radius 2 is 1.89 bits per heavy atom. The lowest BCUT2D eigenvalue weighted by molar-refractivity contribution is -0.122. The number of aromatic nitrogens is 2. The summed E-state index contributed by atoms with van der Waals surface area (Å²) in [4.78, 5) is 53.9. The first kappa shape index (κ1) is 26.0. The van der Waals surface area contributed by atoms with E-state index in [9.17, 15) is 19.2 Å². The first-order chi connectivity index (χ1) is 18.3. The molecule has 1 saturated heterocycles. The molecule has 2 aromatic rings. The molecule has 3 amide bonds. The van der Waals surface area contributed by atoms with Crippen LogP contribution in [0.4, 0.5) is 10.5 Å². The van der Waals surface area contributed by atoms with Crippen LogP contribution in [-0.4, -0.2) is 45.1 Å². The van der Waals surface area contributed by atoms with E-state index in [2.05, 4.69) is 10.6 Å². The zero-order valence-electron chi connectivity index (χ0n) is 22.2. The van der Waals surface area contributed by atoms with Crippen molar-refractivity contribution in [2.75, 3.05) is 18.4 Å². The summed E-state index contributed by atoms with van der Waals surface area (Å²) in [6.45, 7) is 5.42. The van der Waals surface area contributed by atoms with Gasteiger partial charge in [0.25, 0.3) is 5.56 Å². The van der Waals surface area contributed by atoms with Crippen LogP contribution < -0.4 is 21.9 Å². The second-order valence-electron chi connectivity index (χ2n) is 11.1. The number of nitrogens with one attached hydrogen (secondary N) is 2. The molecule has 1 aliphatic heterocycles. The summed E-state index contributed by atoms with van der Waals surface area (Å²) in [6.07, 6.45) is 12.9. The maximum Gasteiger partial charge on any atom is 0.331 e. The molecular weight excluding hydrogens is 482 g/mol. The van der Waals surface area contributed by atoms with E-state index in [1.165, 1.54) is 4.57 Å². The Morgan fingerprint density at radius 1 is 1.08 bits per heavy atom. The number of allylic oxidation sites excluding steroid dienone is 2. The van der Waals surface area contributed by atoms with Gasteiger partial charge in [0.1, 0.15) is 0 Å². The minimum atomic E-state index is -0.308. The number of likely N-dealkylation sites (tertiary alicyclic amines) is 1. The van der Waals surface area contributed by atoms with E-state index in [0.29, 0.717) is 48.6 Å². The van der Waals surface area contributed by atoms with Crippen molar-refractivity contribution in [2.24, 2.45) is 11.8 Å². The molecule has 9 nitrogen and oxygen atoms in total. The van der Waals surface area contributed by atoms with Crippen molar-refractivity contribution in [3.63, 3.8) is 0 Å². The van der Waals surface area contributed by atoms with Gasteiger partial charge in [0.2, 0.25) is 5.91 Å². The van der Waals surface area contributed by atoms with Crippen molar-refractivity contribution < 1.29 is 9.59 Å². The SMILES string of the molecule is CC(C)n1c(=O)n(CC2CC2)c(=O)c2cc(NC(=O)N3CCCC(CC(=O)NC4C=CC=CC4)C3)ccc21. The molecule has 2 heterocycles. The molecule has 1 aromatic heterocycles. The van der Waals surface area contributed by atoms with E-state index in [1.54, 1.807) is 27.7 Å². The average Bonchev–Trinajstić information content (AvgIpc) is 3.72. The summed E-state index contributed by atoms with van der Waals surface area (Å²) in [5, 5.41) is 6.42. The largest absolute Gasteiger partial charge is 0.350 e. The van der Waals surface area contributed by atoms with Crippen LogP contribution in [0.15, 0.2) is 52.1 Å². The highest BCUT2D eigenvalue weighted by atomic mass is 16.2. The highest BCUT2D eigenvalue weighted by Gasteiger charge is 2.27. The molecule has 2 unspecified atom stereocenters. The smallest absolute Gasteiger partial charge is 0.331 e. The van der Waals surface area contributed by atoms with E-state index >= 15 is 0 Å². The van der Waals surface area contributed by atoms with Crippen molar-refractivity contribution in [3.05, 3.63) is 63.3 Å². The lowest BCUT2D eigenvalue weighted by Gasteiger charge is -2.32. The monoisotopic (exact) mass is 519 g/mol. The van der Waals surface area contributed by atoms with Gasteiger partial charge in [0, 0.05) is 37.8 Å². The number of anilines is 1. The fourth-order valence-electron chi connectivity index (χ4n) is 5.51. The number of carbonyl (C=O) groups excluding carboxylic acids is 2. The van der Waals surface area contributed by atoms with Crippen molar-refractivity contribution >= 4 is 28.5 Å². The van der Waals surface area contributed by atoms with Crippen LogP contribution in [-0.2, 0) is 11.3 Å². The average molecular weight is 520 g/mol. The van der Waals surface area contributed by atoms with Crippen molar-refractivity contribution in [2.45, 2.75) is 71.0 Å². The number of hydrogen-bond acceptors (Lipinski definition) is 4. The lowest BCUT2D eigenvalue weighted by atomic mass is 9.94. The third kappa shape index (κ3) is 5.76. The number of fused-ring (bicyclic) bond motifs is 1. The Labute approximate surface area is 222 Å². The van der Waals surface area contributed by atoms with Crippen LogP contribution >= 0.6 is 0 Å². The van der Waals surface area contributed by atoms with Gasteiger partial charge in [-0.05, 0) is 76.0 Å². The summed E-state index contributed by atoms with van der Waals surface area (Å²) in [7, 11) is 0. The number of piperidine rings is 1. The number of hydrogen-bond donors (Lipinski definition) is 2. The molecule has 2 atom stereocenters. The van der Waals surface area contributed by atoms with Crippen LogP contribution in [0.1, 0.15) is 58.4 Å². The van der Waals surface area contributed by atoms with Crippen LogP contribution in [0.2, 0.25) is 0 Å². The molecule has 2 fully saturated rings. The Balaban J connectivity index is 1.28. The third-order valence-electron chi connectivity index (χ3n) is 7.68. The molecule has 0 radical (unpaired) electrons. The molecule has 2 aliphatic carbocycles. The molecule has 3 aliphatic rings. The quantitative estimate of drug-likeness (QED) is 0.581. The maximum atomic E-state index is 13.3. The number of benzene rings is 1. The topological polar surface area (TPSA) is 105 Å². The van der Waals surface area contributed by atoms with Crippen molar-refractivity contribution in [1.29, 1.82) is 0 Å². The van der Waals surface area contributed by atoms with Crippen molar-refractivity contribution in [1.82, 2.24) is 19.4 Å². The number of nitrogens with zero attached hydrogens (tertiary/aromatic N) is 3. The summed E-state index contributed by atoms with van der Waals surface area (Å²) in [5.41, 5.74) is 0.508. The van der Waals surface area contributed by atoms with Crippen LogP contribution in [0.25, 0.3) is 10.9 Å².